The molecule has 92 heavy (non-hydrogen) atoms. The summed E-state index contributed by atoms with van der Waals surface area (Å²) in [5.41, 5.74) is -9.26. The van der Waals surface area contributed by atoms with Gasteiger partial charge in [-0.3, -0.25) is 24.0 Å². The molecule has 14 nitrogen and oxygen atoms in total. The van der Waals surface area contributed by atoms with Gasteiger partial charge in [-0.1, -0.05) is 96.8 Å². The van der Waals surface area contributed by atoms with Crippen molar-refractivity contribution in [3.05, 3.63) is 198 Å². The highest BCUT2D eigenvalue weighted by Gasteiger charge is 2.61. The van der Waals surface area contributed by atoms with Crippen LogP contribution in [0.1, 0.15) is 89.8 Å². The molecule has 12 rings (SSSR count). The van der Waals surface area contributed by atoms with E-state index in [9.17, 15) is 76.7 Å². The van der Waals surface area contributed by atoms with Crippen molar-refractivity contribution in [2.24, 2.45) is 0 Å². The van der Waals surface area contributed by atoms with Gasteiger partial charge in [0.05, 0.1) is 43.3 Å². The molecular weight excluding hydrogens is 1390 g/mol. The fourth-order valence-corrected chi connectivity index (χ4v) is 12.0. The van der Waals surface area contributed by atoms with Crippen LogP contribution in [0.15, 0.2) is 112 Å². The number of pyridine rings is 6. The minimum absolute atomic E-state index is 0. The third-order valence-electron chi connectivity index (χ3n) is 14.1. The summed E-state index contributed by atoms with van der Waals surface area (Å²) in [7, 11) is 0. The Balaban J connectivity index is 0.000000158. The fourth-order valence-electron chi connectivity index (χ4n) is 10.5. The van der Waals surface area contributed by atoms with Crippen LogP contribution in [0.3, 0.4) is 0 Å². The smallest absolute Gasteiger partial charge is 0.417 e. The molecule has 6 aromatic heterocycles. The van der Waals surface area contributed by atoms with E-state index in [1.54, 1.807) is 0 Å². The van der Waals surface area contributed by atoms with E-state index < -0.39 is 104 Å². The van der Waals surface area contributed by atoms with E-state index in [2.05, 4.69) is 40.5 Å². The van der Waals surface area contributed by atoms with Crippen LogP contribution in [0.2, 0.25) is 30.1 Å². The van der Waals surface area contributed by atoms with Gasteiger partial charge in [0.25, 0.3) is 22.6 Å². The molecule has 8 heterocycles. The quantitative estimate of drug-likeness (QED) is 0.0488. The lowest BCUT2D eigenvalue weighted by atomic mass is 9.67. The van der Waals surface area contributed by atoms with E-state index in [1.165, 1.54) is 66.7 Å². The number of carbonyl (C=O) groups is 2. The molecule has 0 bridgehead atoms. The topological polar surface area (TPSA) is 205 Å². The lowest BCUT2D eigenvalue weighted by Gasteiger charge is -2.42. The second-order valence-corrected chi connectivity index (χ2v) is 22.9. The van der Waals surface area contributed by atoms with E-state index in [-0.39, 0.29) is 116 Å². The average Bonchev–Trinajstić information content (AvgIpc) is 0.714. The Morgan fingerprint density at radius 3 is 1.63 bits per heavy atom. The predicted molar refractivity (Wildman–Crippen MR) is 328 cm³/mol. The van der Waals surface area contributed by atoms with E-state index in [0.717, 1.165) is 37.6 Å². The number of aromatic nitrogens is 6. The number of benzene rings is 4. The Morgan fingerprint density at radius 2 is 1.09 bits per heavy atom. The first kappa shape index (κ1) is 70.3. The number of amides is 1. The molecule has 0 fully saturated rings. The molecule has 0 radical (unpaired) electrons. The molecule has 4 aromatic carbocycles. The maximum atomic E-state index is 14.5. The molecular formula is C59H39Cl7F12N8O6. The summed E-state index contributed by atoms with van der Waals surface area (Å²) in [6, 6.07) is 17.0. The average molecular weight is 1430 g/mol. The third-order valence-corrected chi connectivity index (χ3v) is 16.1. The normalized spacial score (nSPS) is 16.1. The Morgan fingerprint density at radius 1 is 0.598 bits per heavy atom. The van der Waals surface area contributed by atoms with Crippen molar-refractivity contribution in [1.29, 1.82) is 0 Å². The number of esters is 1. The number of fused-ring (bicyclic) bond motifs is 8. The number of rotatable bonds is 4. The summed E-state index contributed by atoms with van der Waals surface area (Å²) >= 11 is 41.4. The number of halogens is 19. The number of anilines is 2. The zero-order valence-corrected chi connectivity index (χ0v) is 50.8. The Kier molecular flexibility index (Phi) is 20.2. The fraction of sp³-hybridized carbons (Fsp3) is 0.220. The lowest BCUT2D eigenvalue weighted by Crippen LogP contribution is -2.47. The third kappa shape index (κ3) is 13.6. The number of unbranched alkanes of at least 4 members (excludes halogenated alkanes) is 1. The highest BCUT2D eigenvalue weighted by atomic mass is 35.5. The molecule has 1 amide bonds. The van der Waals surface area contributed by atoms with Crippen molar-refractivity contribution in [3.63, 3.8) is 0 Å². The number of carbonyl (C=O) groups excluding carboxylic acids is 2. The zero-order chi connectivity index (χ0) is 66.8. The van der Waals surface area contributed by atoms with Gasteiger partial charge in [0.15, 0.2) is 6.23 Å². The second-order valence-electron chi connectivity index (χ2n) is 19.9. The van der Waals surface area contributed by atoms with Crippen molar-refractivity contribution in [2.45, 2.75) is 82.3 Å². The first-order valence-corrected chi connectivity index (χ1v) is 28.6. The summed E-state index contributed by atoms with van der Waals surface area (Å²) < 4.78 is 170. The molecule has 2 aliphatic heterocycles. The molecule has 33 heteroatoms. The monoisotopic (exact) mass is 1430 g/mol. The van der Waals surface area contributed by atoms with Crippen LogP contribution in [0.25, 0.3) is 54.5 Å². The number of H-pyrrole nitrogens is 3. The van der Waals surface area contributed by atoms with Gasteiger partial charge in [-0.05, 0) is 90.8 Å². The van der Waals surface area contributed by atoms with Crippen LogP contribution in [-0.4, -0.2) is 54.2 Å². The van der Waals surface area contributed by atoms with Crippen molar-refractivity contribution >= 4 is 159 Å². The number of hydrogen-bond acceptors (Lipinski definition) is 10. The molecule has 2 aliphatic rings. The molecule has 0 spiro atoms. The first-order chi connectivity index (χ1) is 42.5. The Bertz CT molecular complexity index is 4800. The largest absolute Gasteiger partial charge is 0.440 e. The molecule has 3 unspecified atom stereocenters. The van der Waals surface area contributed by atoms with Gasteiger partial charge in [-0.2, -0.15) is 52.7 Å². The van der Waals surface area contributed by atoms with Crippen LogP contribution in [0, 0.1) is 0 Å². The van der Waals surface area contributed by atoms with Crippen molar-refractivity contribution in [1.82, 2.24) is 35.2 Å². The molecule has 0 saturated carbocycles. The number of alkyl halides is 13. The summed E-state index contributed by atoms with van der Waals surface area (Å²) in [4.78, 5) is 77.8. The van der Waals surface area contributed by atoms with Crippen molar-refractivity contribution in [2.75, 3.05) is 5.32 Å². The molecule has 3 atom stereocenters. The SMILES string of the molecule is C.CC(=O)OC1NC(=O)c2nc3ccc(Cl)cc3c(C(F)(F)F)c2C1Cl.CCCCC1(C(F)(F)F)c2cc(Cl)ccc2Nc2c1c(Cl)c[nH]c2=O.O=c1[nH]cc(Cl)c2c(C(F)(F)F)c3cc(Cl)ccc3nc12.O=c1[nH]ccc2c(C(F)(F)F)c3cc(Cl)ccc3nc12. The number of hydrogen-bond donors (Lipinski definition) is 5. The van der Waals surface area contributed by atoms with E-state index >= 15 is 0 Å². The Labute approximate surface area is 543 Å². The second kappa shape index (κ2) is 26.4. The van der Waals surface area contributed by atoms with E-state index in [0.29, 0.717) is 12.8 Å². The van der Waals surface area contributed by atoms with E-state index in [1.807, 2.05) is 6.92 Å². The van der Waals surface area contributed by atoms with Crippen LogP contribution in [-0.2, 0) is 33.5 Å². The van der Waals surface area contributed by atoms with Gasteiger partial charge in [0.2, 0.25) is 0 Å². The standard InChI is InChI=1S/C17H15Cl2F3N2O.C15H9Cl2F3N2O3.C13H5Cl2F3N2O.C13H6ClF3N2O.CH4/c1-2-3-6-16(17(20,21)22)10-7-9(18)4-5-12(10)24-14-13(16)11(19)8-23-15(14)25;1-5(23)25-14-11(17)9-10(15(18,19)20)7-4-6(16)2-3-8(7)21-12(9)13(24)22-14;14-5-1-2-8-6(3-5)10(13(16,17)18)9-7(15)4-19-12(21)11(9)20-8;14-6-1-2-9-8(5-6)10(13(15,16)17)7-3-4-18-12(20)11(7)19-9;/h4-5,7-8,24H,2-3,6H2,1H3,(H,23,25);2-4,11,14H,1H3,(H,22,24);1-4H,(H,19,21);1-5H,(H,18,20);1H4. The van der Waals surface area contributed by atoms with Crippen LogP contribution < -0.4 is 27.3 Å². The number of nitrogens with one attached hydrogen (secondary N) is 5. The molecule has 0 saturated heterocycles. The number of aromatic amines is 3. The maximum absolute atomic E-state index is 14.5. The van der Waals surface area contributed by atoms with Crippen molar-refractivity contribution in [3.8, 4) is 0 Å². The van der Waals surface area contributed by atoms with Crippen LogP contribution >= 0.6 is 81.2 Å². The van der Waals surface area contributed by atoms with Gasteiger partial charge in [-0.25, -0.2) is 15.0 Å². The minimum atomic E-state index is -4.83. The molecule has 5 N–H and O–H groups in total. The van der Waals surface area contributed by atoms with Crippen molar-refractivity contribution < 1.29 is 67.0 Å². The van der Waals surface area contributed by atoms with Gasteiger partial charge in [-0.15, -0.1) is 11.6 Å². The summed E-state index contributed by atoms with van der Waals surface area (Å²) in [5.74, 6) is -1.72. The van der Waals surface area contributed by atoms with Gasteiger partial charge >= 0.3 is 30.7 Å². The summed E-state index contributed by atoms with van der Waals surface area (Å²) in [6.45, 7) is 2.86. The summed E-state index contributed by atoms with van der Waals surface area (Å²) in [6.07, 6.45) is -16.3. The predicted octanol–water partition coefficient (Wildman–Crippen LogP) is 18.4. The highest BCUT2D eigenvalue weighted by molar-refractivity contribution is 6.36. The van der Waals surface area contributed by atoms with E-state index in [4.69, 9.17) is 85.9 Å². The number of nitrogens with zero attached hydrogens (tertiary/aromatic N) is 3. The minimum Gasteiger partial charge on any atom is -0.440 e. The maximum Gasteiger partial charge on any atom is 0.417 e. The van der Waals surface area contributed by atoms with Crippen LogP contribution in [0.4, 0.5) is 64.1 Å². The molecule has 10 aromatic rings. The van der Waals surface area contributed by atoms with Gasteiger partial charge in [0.1, 0.15) is 33.2 Å². The van der Waals surface area contributed by atoms with Gasteiger partial charge < -0.3 is 30.3 Å². The number of ether oxygens (including phenoxy) is 1. The zero-order valence-electron chi connectivity index (χ0n) is 45.5. The Hall–Kier alpha value is -7.59. The highest BCUT2D eigenvalue weighted by Crippen LogP contribution is 2.58. The van der Waals surface area contributed by atoms with Crippen LogP contribution in [0.5, 0.6) is 0 Å². The summed E-state index contributed by atoms with van der Waals surface area (Å²) in [5, 5.41) is 2.49. The first-order valence-electron chi connectivity index (χ1n) is 25.9. The molecule has 484 valence electrons. The van der Waals surface area contributed by atoms with Gasteiger partial charge in [0, 0.05) is 89.4 Å². The molecule has 0 aliphatic carbocycles. The lowest BCUT2D eigenvalue weighted by molar-refractivity contribution is -0.180.